The van der Waals surface area contributed by atoms with Gasteiger partial charge in [0.05, 0.1) is 6.10 Å². The van der Waals surface area contributed by atoms with Crippen LogP contribution in [0.2, 0.25) is 0 Å². The Morgan fingerprint density at radius 2 is 1.78 bits per heavy atom. The van der Waals surface area contributed by atoms with Crippen molar-refractivity contribution in [3.8, 4) is 5.75 Å². The Kier molecular flexibility index (Phi) is 2.89. The molecule has 0 bridgehead atoms. The molecule has 0 aliphatic heterocycles. The summed E-state index contributed by atoms with van der Waals surface area (Å²) in [5.74, 6) is 2.92. The van der Waals surface area contributed by atoms with Crippen molar-refractivity contribution >= 4 is 5.78 Å². The second-order valence-electron chi connectivity index (χ2n) is 5.84. The third-order valence-corrected chi connectivity index (χ3v) is 4.22. The zero-order valence-corrected chi connectivity index (χ0v) is 11.1. The molecule has 0 saturated heterocycles. The van der Waals surface area contributed by atoms with Crippen LogP contribution < -0.4 is 4.74 Å². The first-order valence-corrected chi connectivity index (χ1v) is 6.98. The highest BCUT2D eigenvalue weighted by atomic mass is 16.5. The molecule has 0 spiro atoms. The number of Topliss-reactive ketones (excluding diaryl/α,β-unsaturated/α-hetero) is 1. The van der Waals surface area contributed by atoms with Crippen molar-refractivity contribution in [2.24, 2.45) is 17.8 Å². The van der Waals surface area contributed by atoms with Crippen molar-refractivity contribution in [1.29, 1.82) is 0 Å². The fraction of sp³-hybridized carbons (Fsp3) is 0.562. The highest BCUT2D eigenvalue weighted by Crippen LogP contribution is 2.58. The average molecular weight is 244 g/mol. The van der Waals surface area contributed by atoms with Crippen LogP contribution in [0.1, 0.15) is 43.5 Å². The van der Waals surface area contributed by atoms with E-state index in [1.54, 1.807) is 0 Å². The lowest BCUT2D eigenvalue weighted by Gasteiger charge is -2.10. The maximum absolute atomic E-state index is 12.3. The first-order valence-electron chi connectivity index (χ1n) is 6.98. The average Bonchev–Trinajstić information content (AvgIpc) is 2.81. The molecule has 2 aliphatic carbocycles. The van der Waals surface area contributed by atoms with Crippen LogP contribution >= 0.6 is 0 Å². The minimum absolute atomic E-state index is 0.175. The van der Waals surface area contributed by atoms with Crippen LogP contribution in [0.15, 0.2) is 24.3 Å². The molecule has 3 rings (SSSR count). The Morgan fingerprint density at radius 3 is 2.33 bits per heavy atom. The van der Waals surface area contributed by atoms with E-state index >= 15 is 0 Å². The molecular formula is C16H20O2. The van der Waals surface area contributed by atoms with Gasteiger partial charge in [0.2, 0.25) is 0 Å². The van der Waals surface area contributed by atoms with Crippen LogP contribution in [0.4, 0.5) is 0 Å². The molecule has 1 aromatic carbocycles. The summed E-state index contributed by atoms with van der Waals surface area (Å²) in [5, 5.41) is 0. The SMILES string of the molecule is CC(C)Oc1ccc(C(=O)C2C3CCCC32)cc1. The number of ether oxygens (including phenoxy) is 1. The Morgan fingerprint density at radius 1 is 1.17 bits per heavy atom. The fourth-order valence-electron chi connectivity index (χ4n) is 3.37. The molecule has 2 nitrogen and oxygen atoms in total. The van der Waals surface area contributed by atoms with Gasteiger partial charge in [-0.3, -0.25) is 4.79 Å². The number of hydrogen-bond donors (Lipinski definition) is 0. The molecule has 0 heterocycles. The van der Waals surface area contributed by atoms with Gasteiger partial charge < -0.3 is 4.74 Å². The van der Waals surface area contributed by atoms with Crippen LogP contribution in [-0.4, -0.2) is 11.9 Å². The molecule has 2 fully saturated rings. The number of hydrogen-bond acceptors (Lipinski definition) is 2. The molecular weight excluding hydrogens is 224 g/mol. The third kappa shape index (κ3) is 2.05. The Labute approximate surface area is 108 Å². The molecule has 96 valence electrons. The smallest absolute Gasteiger partial charge is 0.166 e. The maximum atomic E-state index is 12.3. The van der Waals surface area contributed by atoms with E-state index in [0.29, 0.717) is 23.5 Å². The Bertz CT molecular complexity index is 437. The highest BCUT2D eigenvalue weighted by Gasteiger charge is 2.56. The van der Waals surface area contributed by atoms with Crippen LogP contribution in [0.3, 0.4) is 0 Å². The molecule has 2 heteroatoms. The van der Waals surface area contributed by atoms with E-state index < -0.39 is 0 Å². The Hall–Kier alpha value is -1.31. The molecule has 18 heavy (non-hydrogen) atoms. The molecule has 2 atom stereocenters. The normalized spacial score (nSPS) is 29.2. The van der Waals surface area contributed by atoms with Gasteiger partial charge in [0.1, 0.15) is 5.75 Å². The van der Waals surface area contributed by atoms with Crippen molar-refractivity contribution in [3.63, 3.8) is 0 Å². The van der Waals surface area contributed by atoms with E-state index in [-0.39, 0.29) is 6.10 Å². The lowest BCUT2D eigenvalue weighted by Crippen LogP contribution is -2.08. The topological polar surface area (TPSA) is 26.3 Å². The number of carbonyl (C=O) groups is 1. The zero-order chi connectivity index (χ0) is 12.7. The quantitative estimate of drug-likeness (QED) is 0.755. The molecule has 0 amide bonds. The largest absolute Gasteiger partial charge is 0.491 e. The number of benzene rings is 1. The summed E-state index contributed by atoms with van der Waals surface area (Å²) < 4.78 is 5.59. The van der Waals surface area contributed by atoms with Gasteiger partial charge in [-0.25, -0.2) is 0 Å². The van der Waals surface area contributed by atoms with E-state index in [1.165, 1.54) is 19.3 Å². The van der Waals surface area contributed by atoms with Crippen molar-refractivity contribution in [2.45, 2.75) is 39.2 Å². The van der Waals surface area contributed by atoms with E-state index in [0.717, 1.165) is 11.3 Å². The lowest BCUT2D eigenvalue weighted by atomic mass is 10.0. The number of rotatable bonds is 4. The van der Waals surface area contributed by atoms with E-state index in [9.17, 15) is 4.79 Å². The molecule has 2 saturated carbocycles. The summed E-state index contributed by atoms with van der Waals surface area (Å²) >= 11 is 0. The van der Waals surface area contributed by atoms with Gasteiger partial charge in [-0.15, -0.1) is 0 Å². The first kappa shape index (κ1) is 11.8. The first-order chi connectivity index (χ1) is 8.66. The van der Waals surface area contributed by atoms with Gasteiger partial charge in [0, 0.05) is 11.5 Å². The second-order valence-corrected chi connectivity index (χ2v) is 5.84. The van der Waals surface area contributed by atoms with Gasteiger partial charge in [-0.1, -0.05) is 6.42 Å². The van der Waals surface area contributed by atoms with Crippen LogP contribution in [0, 0.1) is 17.8 Å². The number of ketones is 1. The van der Waals surface area contributed by atoms with Gasteiger partial charge in [-0.2, -0.15) is 0 Å². The van der Waals surface area contributed by atoms with Gasteiger partial charge in [-0.05, 0) is 62.8 Å². The molecule has 0 radical (unpaired) electrons. The van der Waals surface area contributed by atoms with Gasteiger partial charge >= 0.3 is 0 Å². The second kappa shape index (κ2) is 4.42. The predicted octanol–water partition coefficient (Wildman–Crippen LogP) is 3.70. The summed E-state index contributed by atoms with van der Waals surface area (Å²) in [7, 11) is 0. The van der Waals surface area contributed by atoms with Gasteiger partial charge in [0.15, 0.2) is 5.78 Å². The van der Waals surface area contributed by atoms with Gasteiger partial charge in [0.25, 0.3) is 0 Å². The summed E-state index contributed by atoms with van der Waals surface area (Å²) in [6.07, 6.45) is 4.01. The molecule has 2 unspecified atom stereocenters. The minimum atomic E-state index is 0.175. The number of fused-ring (bicyclic) bond motifs is 1. The summed E-state index contributed by atoms with van der Waals surface area (Å²) in [5.41, 5.74) is 0.852. The van der Waals surface area contributed by atoms with Crippen LogP contribution in [0.25, 0.3) is 0 Å². The number of carbonyl (C=O) groups excluding carboxylic acids is 1. The monoisotopic (exact) mass is 244 g/mol. The van der Waals surface area contributed by atoms with Crippen molar-refractivity contribution in [1.82, 2.24) is 0 Å². The Balaban J connectivity index is 1.67. The molecule has 0 N–H and O–H groups in total. The fourth-order valence-corrected chi connectivity index (χ4v) is 3.37. The van der Waals surface area contributed by atoms with Crippen LogP contribution in [-0.2, 0) is 0 Å². The van der Waals surface area contributed by atoms with E-state index in [1.807, 2.05) is 38.1 Å². The van der Waals surface area contributed by atoms with Crippen molar-refractivity contribution in [2.75, 3.05) is 0 Å². The van der Waals surface area contributed by atoms with Crippen LogP contribution in [0.5, 0.6) is 5.75 Å². The molecule has 2 aliphatic rings. The minimum Gasteiger partial charge on any atom is -0.491 e. The third-order valence-electron chi connectivity index (χ3n) is 4.22. The summed E-state index contributed by atoms with van der Waals surface area (Å²) in [6.45, 7) is 4.01. The van der Waals surface area contributed by atoms with E-state index in [2.05, 4.69) is 0 Å². The predicted molar refractivity (Wildman–Crippen MR) is 70.9 cm³/mol. The lowest BCUT2D eigenvalue weighted by molar-refractivity contribution is 0.0951. The maximum Gasteiger partial charge on any atom is 0.166 e. The van der Waals surface area contributed by atoms with Crippen molar-refractivity contribution < 1.29 is 9.53 Å². The molecule has 0 aromatic heterocycles. The zero-order valence-electron chi connectivity index (χ0n) is 11.1. The summed E-state index contributed by atoms with van der Waals surface area (Å²) in [4.78, 5) is 12.3. The molecule has 1 aromatic rings. The van der Waals surface area contributed by atoms with Crippen molar-refractivity contribution in [3.05, 3.63) is 29.8 Å². The van der Waals surface area contributed by atoms with E-state index in [4.69, 9.17) is 4.74 Å². The summed E-state index contributed by atoms with van der Waals surface area (Å²) in [6, 6.07) is 7.64. The standard InChI is InChI=1S/C16H20O2/c1-10(2)18-12-8-6-11(7-9-12)16(17)15-13-4-3-5-14(13)15/h6-10,13-15H,3-5H2,1-2H3. The highest BCUT2D eigenvalue weighted by molar-refractivity contribution is 6.00.